The molecule has 2 aromatic rings. The van der Waals surface area contributed by atoms with E-state index in [-0.39, 0.29) is 11.8 Å². The summed E-state index contributed by atoms with van der Waals surface area (Å²) in [6.45, 7) is 3.71. The highest BCUT2D eigenvalue weighted by Gasteiger charge is 2.66. The second-order valence-electron chi connectivity index (χ2n) is 7.73. The zero-order chi connectivity index (χ0) is 20.8. The quantitative estimate of drug-likeness (QED) is 0.639. The van der Waals surface area contributed by atoms with Gasteiger partial charge < -0.3 is 4.74 Å². The van der Waals surface area contributed by atoms with E-state index in [0.29, 0.717) is 6.54 Å². The Labute approximate surface area is 169 Å². The van der Waals surface area contributed by atoms with Crippen LogP contribution in [0.25, 0.3) is 11.1 Å². The predicted octanol–water partition coefficient (Wildman–Crippen LogP) is 2.55. The van der Waals surface area contributed by atoms with Gasteiger partial charge in [-0.15, -0.1) is 0 Å². The fourth-order valence-electron chi connectivity index (χ4n) is 4.71. The molecule has 0 unspecified atom stereocenters. The van der Waals surface area contributed by atoms with Crippen LogP contribution >= 0.6 is 0 Å². The van der Waals surface area contributed by atoms with E-state index in [1.165, 1.54) is 12.0 Å². The van der Waals surface area contributed by atoms with Crippen LogP contribution in [-0.4, -0.2) is 41.9 Å². The predicted molar refractivity (Wildman–Crippen MR) is 108 cm³/mol. The lowest BCUT2D eigenvalue weighted by molar-refractivity contribution is -0.153. The highest BCUT2D eigenvalue weighted by Crippen LogP contribution is 2.49. The molecule has 1 N–H and O–H groups in total. The average Bonchev–Trinajstić information content (AvgIpc) is 3.21. The van der Waals surface area contributed by atoms with Crippen molar-refractivity contribution < 1.29 is 19.1 Å². The fourth-order valence-corrected chi connectivity index (χ4v) is 4.71. The summed E-state index contributed by atoms with van der Waals surface area (Å²) < 4.78 is 4.98. The maximum atomic E-state index is 13.0. The third-order valence-electron chi connectivity index (χ3n) is 6.18. The number of ether oxygens (including phenoxy) is 1. The summed E-state index contributed by atoms with van der Waals surface area (Å²) in [4.78, 5) is 39.8. The molecule has 4 atom stereocenters. The Kier molecular flexibility index (Phi) is 4.74. The van der Waals surface area contributed by atoms with Crippen molar-refractivity contribution in [3.63, 3.8) is 0 Å². The number of methoxy groups -OCH3 is 1. The van der Waals surface area contributed by atoms with Gasteiger partial charge in [-0.05, 0) is 30.5 Å². The zero-order valence-electron chi connectivity index (χ0n) is 16.7. The molecule has 2 fully saturated rings. The van der Waals surface area contributed by atoms with Crippen LogP contribution in [0.3, 0.4) is 0 Å². The molecule has 2 heterocycles. The highest BCUT2D eigenvalue weighted by molar-refractivity contribution is 6.09. The van der Waals surface area contributed by atoms with Gasteiger partial charge in [-0.1, -0.05) is 54.6 Å². The monoisotopic (exact) mass is 392 g/mol. The van der Waals surface area contributed by atoms with Gasteiger partial charge in [0.1, 0.15) is 5.54 Å². The smallest absolute Gasteiger partial charge is 0.326 e. The Morgan fingerprint density at radius 2 is 1.66 bits per heavy atom. The first kappa shape index (κ1) is 19.3. The average molecular weight is 392 g/mol. The van der Waals surface area contributed by atoms with Crippen LogP contribution in [0.2, 0.25) is 0 Å². The van der Waals surface area contributed by atoms with Crippen molar-refractivity contribution in [2.24, 2.45) is 11.8 Å². The Morgan fingerprint density at radius 1 is 1.03 bits per heavy atom. The van der Waals surface area contributed by atoms with Crippen LogP contribution in [0.1, 0.15) is 25.5 Å². The Morgan fingerprint density at radius 3 is 2.24 bits per heavy atom. The van der Waals surface area contributed by atoms with Crippen molar-refractivity contribution >= 4 is 17.8 Å². The summed E-state index contributed by atoms with van der Waals surface area (Å²) >= 11 is 0. The number of fused-ring (bicyclic) bond motifs is 1. The number of esters is 1. The Hall–Kier alpha value is -2.99. The molecule has 2 amide bonds. The van der Waals surface area contributed by atoms with E-state index in [4.69, 9.17) is 4.74 Å². The number of hydrogen-bond donors (Lipinski definition) is 1. The standard InChI is InChI=1S/C23H24N2O4/c1-4-25-20(26)17-18(21(25)27)23(2,22(28)29-3)24-19(17)16-12-10-15(11-13-16)14-8-6-5-7-9-14/h5-13,17-19,24H,4H2,1-3H3/t17-,18-,19-,23-/m1/s1. The van der Waals surface area contributed by atoms with Gasteiger partial charge in [-0.3, -0.25) is 24.6 Å². The van der Waals surface area contributed by atoms with E-state index in [9.17, 15) is 14.4 Å². The van der Waals surface area contributed by atoms with Crippen LogP contribution in [0, 0.1) is 11.8 Å². The molecule has 2 saturated heterocycles. The minimum absolute atomic E-state index is 0.236. The summed E-state index contributed by atoms with van der Waals surface area (Å²) in [5, 5.41) is 3.26. The van der Waals surface area contributed by atoms with Crippen LogP contribution in [-0.2, 0) is 19.1 Å². The van der Waals surface area contributed by atoms with Crippen LogP contribution in [0.4, 0.5) is 0 Å². The van der Waals surface area contributed by atoms with Gasteiger partial charge in [0.25, 0.3) is 0 Å². The highest BCUT2D eigenvalue weighted by atomic mass is 16.5. The van der Waals surface area contributed by atoms with E-state index in [1.54, 1.807) is 13.8 Å². The first-order chi connectivity index (χ1) is 13.9. The van der Waals surface area contributed by atoms with Crippen LogP contribution in [0.15, 0.2) is 54.6 Å². The van der Waals surface area contributed by atoms with Crippen LogP contribution in [0.5, 0.6) is 0 Å². The van der Waals surface area contributed by atoms with Crippen molar-refractivity contribution in [2.45, 2.75) is 25.4 Å². The SMILES string of the molecule is CCN1C(=O)[C@H]2[C@@H](c3ccc(-c4ccccc4)cc3)N[C@@](C)(C(=O)OC)[C@H]2C1=O. The lowest BCUT2D eigenvalue weighted by atomic mass is 9.80. The van der Waals surface area contributed by atoms with Crippen molar-refractivity contribution in [3.8, 4) is 11.1 Å². The number of nitrogens with one attached hydrogen (secondary N) is 1. The number of amides is 2. The molecular formula is C23H24N2O4. The number of carbonyl (C=O) groups is 3. The van der Waals surface area contributed by atoms with Crippen molar-refractivity contribution in [2.75, 3.05) is 13.7 Å². The van der Waals surface area contributed by atoms with Gasteiger partial charge in [0.2, 0.25) is 11.8 Å². The number of benzene rings is 2. The van der Waals surface area contributed by atoms with Crippen LogP contribution < -0.4 is 5.32 Å². The topological polar surface area (TPSA) is 75.7 Å². The number of likely N-dealkylation sites (tertiary alicyclic amines) is 1. The normalized spacial score (nSPS) is 28.5. The van der Waals surface area contributed by atoms with E-state index >= 15 is 0 Å². The molecule has 2 aromatic carbocycles. The minimum Gasteiger partial charge on any atom is -0.468 e. The fraction of sp³-hybridized carbons (Fsp3) is 0.348. The van der Waals surface area contributed by atoms with Gasteiger partial charge in [0.05, 0.1) is 18.9 Å². The molecular weight excluding hydrogens is 368 g/mol. The maximum Gasteiger partial charge on any atom is 0.326 e. The maximum absolute atomic E-state index is 13.0. The summed E-state index contributed by atoms with van der Waals surface area (Å²) in [6, 6.07) is 17.4. The second kappa shape index (κ2) is 7.12. The number of imide groups is 1. The van der Waals surface area contributed by atoms with E-state index < -0.39 is 29.4 Å². The first-order valence-corrected chi connectivity index (χ1v) is 9.79. The molecule has 0 bridgehead atoms. The molecule has 4 rings (SSSR count). The largest absolute Gasteiger partial charge is 0.468 e. The van der Waals surface area contributed by atoms with Gasteiger partial charge in [-0.25, -0.2) is 0 Å². The second-order valence-corrected chi connectivity index (χ2v) is 7.73. The van der Waals surface area contributed by atoms with Gasteiger partial charge >= 0.3 is 5.97 Å². The van der Waals surface area contributed by atoms with E-state index in [0.717, 1.165) is 16.7 Å². The van der Waals surface area contributed by atoms with Gasteiger partial charge in [0.15, 0.2) is 0 Å². The third kappa shape index (κ3) is 2.86. The molecule has 150 valence electrons. The molecule has 6 nitrogen and oxygen atoms in total. The number of hydrogen-bond acceptors (Lipinski definition) is 5. The van der Waals surface area contributed by atoms with Crippen molar-refractivity contribution in [1.82, 2.24) is 10.2 Å². The zero-order valence-corrected chi connectivity index (χ0v) is 16.7. The molecule has 2 aliphatic rings. The van der Waals surface area contributed by atoms with Gasteiger partial charge in [0, 0.05) is 12.6 Å². The molecule has 2 aliphatic heterocycles. The molecule has 29 heavy (non-hydrogen) atoms. The van der Waals surface area contributed by atoms with E-state index in [2.05, 4.69) is 5.32 Å². The Balaban J connectivity index is 1.73. The number of carbonyl (C=O) groups excluding carboxylic acids is 3. The lowest BCUT2D eigenvalue weighted by Crippen LogP contribution is -2.53. The summed E-state index contributed by atoms with van der Waals surface area (Å²) in [6.07, 6.45) is 0. The summed E-state index contributed by atoms with van der Waals surface area (Å²) in [5.74, 6) is -2.49. The number of rotatable bonds is 4. The van der Waals surface area contributed by atoms with Crippen molar-refractivity contribution in [3.05, 3.63) is 60.2 Å². The summed E-state index contributed by atoms with van der Waals surface area (Å²) in [7, 11) is 1.30. The molecule has 0 radical (unpaired) electrons. The number of nitrogens with zero attached hydrogens (tertiary/aromatic N) is 1. The van der Waals surface area contributed by atoms with Gasteiger partial charge in [-0.2, -0.15) is 0 Å². The summed E-state index contributed by atoms with van der Waals surface area (Å²) in [5.41, 5.74) is 1.77. The third-order valence-corrected chi connectivity index (χ3v) is 6.18. The Bertz CT molecular complexity index is 957. The molecule has 0 aliphatic carbocycles. The van der Waals surface area contributed by atoms with E-state index in [1.807, 2.05) is 54.6 Å². The molecule has 0 aromatic heterocycles. The first-order valence-electron chi connectivity index (χ1n) is 9.79. The minimum atomic E-state index is -1.25. The molecule has 6 heteroatoms. The van der Waals surface area contributed by atoms with Crippen molar-refractivity contribution in [1.29, 1.82) is 0 Å². The lowest BCUT2D eigenvalue weighted by Gasteiger charge is -2.28. The molecule has 0 saturated carbocycles. The molecule has 0 spiro atoms.